The summed E-state index contributed by atoms with van der Waals surface area (Å²) >= 11 is 0. The van der Waals surface area contributed by atoms with E-state index in [1.165, 1.54) is 11.8 Å². The van der Waals surface area contributed by atoms with E-state index in [-0.39, 0.29) is 6.04 Å². The first-order valence-electron chi connectivity index (χ1n) is 11.3. The molecule has 35 heavy (non-hydrogen) atoms. The van der Waals surface area contributed by atoms with E-state index in [0.717, 1.165) is 50.3 Å². The molecule has 8 heteroatoms. The first kappa shape index (κ1) is 22.3. The summed E-state index contributed by atoms with van der Waals surface area (Å²) in [7, 11) is 0. The number of aromatic nitrogens is 4. The zero-order valence-electron chi connectivity index (χ0n) is 19.9. The normalized spacial score (nSPS) is 12.0. The van der Waals surface area contributed by atoms with Gasteiger partial charge in [0.2, 0.25) is 0 Å². The highest BCUT2D eigenvalue weighted by Crippen LogP contribution is 2.29. The van der Waals surface area contributed by atoms with E-state index >= 15 is 0 Å². The van der Waals surface area contributed by atoms with E-state index in [1.807, 2.05) is 44.2 Å². The highest BCUT2D eigenvalue weighted by Gasteiger charge is 2.12. The van der Waals surface area contributed by atoms with Crippen LogP contribution in [0.15, 0.2) is 71.6 Å². The van der Waals surface area contributed by atoms with Crippen LogP contribution in [-0.4, -0.2) is 25.9 Å². The van der Waals surface area contributed by atoms with E-state index in [4.69, 9.17) is 9.25 Å². The molecule has 1 atom stereocenters. The number of furan rings is 1. The fraction of sp³-hybridized carbons (Fsp3) is 0.185. The van der Waals surface area contributed by atoms with Crippen molar-refractivity contribution in [2.75, 3.05) is 5.32 Å². The van der Waals surface area contributed by atoms with Crippen molar-refractivity contribution in [2.24, 2.45) is 0 Å². The zero-order chi connectivity index (χ0) is 24.5. The molecule has 3 aromatic heterocycles. The van der Waals surface area contributed by atoms with Gasteiger partial charge in [-0.3, -0.25) is 0 Å². The van der Waals surface area contributed by atoms with Crippen LogP contribution in [0.3, 0.4) is 0 Å². The number of hydrogen-bond acceptors (Lipinski definition) is 7. The smallest absolute Gasteiger partial charge is 0.331 e. The van der Waals surface area contributed by atoms with Crippen LogP contribution < -0.4 is 10.2 Å². The van der Waals surface area contributed by atoms with E-state index in [2.05, 4.69) is 45.5 Å². The summed E-state index contributed by atoms with van der Waals surface area (Å²) in [5.41, 5.74) is 6.72. The van der Waals surface area contributed by atoms with Crippen molar-refractivity contribution < 1.29 is 14.0 Å². The molecule has 0 aliphatic heterocycles. The Morgan fingerprint density at radius 2 is 1.91 bits per heavy atom. The van der Waals surface area contributed by atoms with Gasteiger partial charge in [0.05, 0.1) is 24.4 Å². The van der Waals surface area contributed by atoms with Gasteiger partial charge < -0.3 is 14.6 Å². The van der Waals surface area contributed by atoms with Gasteiger partial charge in [-0.1, -0.05) is 23.0 Å². The highest BCUT2D eigenvalue weighted by molar-refractivity contribution is 5.85. The third-order valence-corrected chi connectivity index (χ3v) is 5.77. The number of nitrogens with one attached hydrogen (secondary N) is 1. The molecule has 0 unspecified atom stereocenters. The zero-order valence-corrected chi connectivity index (χ0v) is 19.9. The molecule has 0 amide bonds. The number of carbonyl (C=O) groups excluding carboxylic acids is 1. The molecule has 0 spiro atoms. The van der Waals surface area contributed by atoms with Crippen LogP contribution in [0.5, 0.6) is 0 Å². The minimum Gasteiger partial charge on any atom is -0.464 e. The maximum Gasteiger partial charge on any atom is 0.331 e. The fourth-order valence-electron chi connectivity index (χ4n) is 4.03. The molecule has 0 radical (unpaired) electrons. The Morgan fingerprint density at radius 3 is 2.74 bits per heavy atom. The fourth-order valence-corrected chi connectivity index (χ4v) is 4.03. The number of aryl methyl sites for hydroxylation is 2. The highest BCUT2D eigenvalue weighted by atomic mass is 16.7. The maximum atomic E-state index is 11.2. The Labute approximate surface area is 202 Å². The molecule has 5 rings (SSSR count). The Bertz CT molecular complexity index is 1540. The van der Waals surface area contributed by atoms with Gasteiger partial charge in [-0.2, -0.15) is 0 Å². The lowest BCUT2D eigenvalue weighted by molar-refractivity contribution is -0.143. The lowest BCUT2D eigenvalue weighted by Crippen LogP contribution is -2.16. The summed E-state index contributed by atoms with van der Waals surface area (Å²) in [6.45, 7) is 7.35. The monoisotopic (exact) mass is 467 g/mol. The summed E-state index contributed by atoms with van der Waals surface area (Å²) < 4.78 is 5.58. The Morgan fingerprint density at radius 1 is 1.06 bits per heavy atom. The third-order valence-electron chi connectivity index (χ3n) is 5.77. The molecule has 5 aromatic rings. The van der Waals surface area contributed by atoms with Crippen molar-refractivity contribution in [3.05, 3.63) is 84.1 Å². The molecule has 3 heterocycles. The minimum atomic E-state index is -0.425. The van der Waals surface area contributed by atoms with Crippen LogP contribution in [0.2, 0.25) is 0 Å². The Hall–Kier alpha value is -4.46. The van der Waals surface area contributed by atoms with Gasteiger partial charge in [-0.15, -0.1) is 5.10 Å². The molecule has 0 saturated carbocycles. The predicted molar refractivity (Wildman–Crippen MR) is 134 cm³/mol. The number of anilines is 1. The number of rotatable bonds is 6. The van der Waals surface area contributed by atoms with Gasteiger partial charge in [0.1, 0.15) is 17.2 Å². The lowest BCUT2D eigenvalue weighted by Gasteiger charge is -2.17. The van der Waals surface area contributed by atoms with Crippen molar-refractivity contribution in [3.63, 3.8) is 0 Å². The average Bonchev–Trinajstić information content (AvgIpc) is 3.45. The van der Waals surface area contributed by atoms with Gasteiger partial charge in [0.25, 0.3) is 0 Å². The van der Waals surface area contributed by atoms with Crippen molar-refractivity contribution >= 4 is 22.8 Å². The summed E-state index contributed by atoms with van der Waals surface area (Å²) in [5.74, 6) is 1.01. The largest absolute Gasteiger partial charge is 0.464 e. The first-order valence-corrected chi connectivity index (χ1v) is 11.3. The van der Waals surface area contributed by atoms with Gasteiger partial charge in [0, 0.05) is 35.5 Å². The maximum absolute atomic E-state index is 11.2. The number of benzene rings is 2. The van der Waals surface area contributed by atoms with Crippen molar-refractivity contribution in [3.8, 4) is 22.4 Å². The van der Waals surface area contributed by atoms with Crippen LogP contribution in [-0.2, 0) is 4.79 Å². The van der Waals surface area contributed by atoms with Crippen LogP contribution in [0.1, 0.15) is 36.8 Å². The predicted octanol–water partition coefficient (Wildman–Crippen LogP) is 5.52. The summed E-state index contributed by atoms with van der Waals surface area (Å²) in [6, 6.07) is 16.2. The van der Waals surface area contributed by atoms with E-state index < -0.39 is 5.97 Å². The van der Waals surface area contributed by atoms with E-state index in [0.29, 0.717) is 5.82 Å². The van der Waals surface area contributed by atoms with Gasteiger partial charge in [0.15, 0.2) is 0 Å². The van der Waals surface area contributed by atoms with Crippen LogP contribution in [0.4, 0.5) is 5.82 Å². The number of hydrogen-bond donors (Lipinski definition) is 1. The Kier molecular flexibility index (Phi) is 5.78. The minimum absolute atomic E-state index is 0.0146. The van der Waals surface area contributed by atoms with E-state index in [9.17, 15) is 4.79 Å². The van der Waals surface area contributed by atoms with Crippen molar-refractivity contribution in [1.82, 2.24) is 19.9 Å². The molecular formula is C27H25N5O3. The molecule has 0 bridgehead atoms. The van der Waals surface area contributed by atoms with Crippen LogP contribution >= 0.6 is 0 Å². The summed E-state index contributed by atoms with van der Waals surface area (Å²) in [4.78, 5) is 26.6. The van der Waals surface area contributed by atoms with E-state index in [1.54, 1.807) is 18.7 Å². The van der Waals surface area contributed by atoms with Gasteiger partial charge in [-0.25, -0.2) is 14.8 Å². The standard InChI is InChI=1S/C27H25N5O3/c1-16-15-34-26-9-8-22(11-24(16)26)25-12-27(31-18(3)30-25)29-17(2)20-6-5-7-21(10-20)23-13-28-32(14-23)35-19(4)33/h5-15,17H,1-4H3,(H,29,30,31)/t17-/m0/s1. The van der Waals surface area contributed by atoms with Crippen LogP contribution in [0, 0.1) is 13.8 Å². The molecule has 2 aromatic carbocycles. The molecular weight excluding hydrogens is 442 g/mol. The second-order valence-corrected chi connectivity index (χ2v) is 8.52. The molecule has 0 fully saturated rings. The molecule has 0 aliphatic rings. The molecule has 1 N–H and O–H groups in total. The van der Waals surface area contributed by atoms with Gasteiger partial charge in [-0.05, 0) is 61.7 Å². The lowest BCUT2D eigenvalue weighted by atomic mass is 10.0. The molecule has 0 aliphatic carbocycles. The summed E-state index contributed by atoms with van der Waals surface area (Å²) in [6.07, 6.45) is 5.11. The Balaban J connectivity index is 1.39. The molecule has 0 saturated heterocycles. The SMILES string of the molecule is CC(=O)On1cc(-c2cccc([C@H](C)Nc3cc(-c4ccc5occ(C)c5c4)nc(C)n3)c2)cn1. The number of nitrogens with zero attached hydrogens (tertiary/aromatic N) is 4. The summed E-state index contributed by atoms with van der Waals surface area (Å²) in [5, 5.41) is 8.66. The van der Waals surface area contributed by atoms with Crippen molar-refractivity contribution in [1.29, 1.82) is 0 Å². The molecule has 8 nitrogen and oxygen atoms in total. The third kappa shape index (κ3) is 4.77. The first-order chi connectivity index (χ1) is 16.9. The van der Waals surface area contributed by atoms with Crippen LogP contribution in [0.25, 0.3) is 33.4 Å². The quantitative estimate of drug-likeness (QED) is 0.351. The average molecular weight is 468 g/mol. The number of fused-ring (bicyclic) bond motifs is 1. The van der Waals surface area contributed by atoms with Crippen molar-refractivity contribution in [2.45, 2.75) is 33.7 Å². The second kappa shape index (κ2) is 9.06. The molecule has 176 valence electrons. The number of carbonyl (C=O) groups is 1. The topological polar surface area (TPSA) is 95.1 Å². The second-order valence-electron chi connectivity index (χ2n) is 8.52. The van der Waals surface area contributed by atoms with Gasteiger partial charge >= 0.3 is 5.97 Å².